The van der Waals surface area contributed by atoms with Gasteiger partial charge in [-0.1, -0.05) is 147 Å². The van der Waals surface area contributed by atoms with Crippen molar-refractivity contribution in [3.63, 3.8) is 0 Å². The van der Waals surface area contributed by atoms with Gasteiger partial charge in [0.05, 0.1) is 5.41 Å². The van der Waals surface area contributed by atoms with E-state index in [1.165, 1.54) is 60.7 Å². The fraction of sp³-hybridized carbons (Fsp3) is 0.136. The molecule has 0 saturated heterocycles. The monoisotopic (exact) mass is 578 g/mol. The molecule has 0 amide bonds. The van der Waals surface area contributed by atoms with Gasteiger partial charge in [0.25, 0.3) is 0 Å². The predicted molar refractivity (Wildman–Crippen MR) is 188 cm³/mol. The maximum absolute atomic E-state index is 6.97. The molecule has 2 aliphatic carbocycles. The van der Waals surface area contributed by atoms with E-state index < -0.39 is 5.41 Å². The van der Waals surface area contributed by atoms with Crippen molar-refractivity contribution < 1.29 is 4.42 Å². The second kappa shape index (κ2) is 9.68. The van der Waals surface area contributed by atoms with Gasteiger partial charge in [0.1, 0.15) is 11.2 Å². The zero-order valence-corrected chi connectivity index (χ0v) is 25.7. The second-order valence-electron chi connectivity index (χ2n) is 13.1. The Morgan fingerprint density at radius 3 is 1.89 bits per heavy atom. The van der Waals surface area contributed by atoms with E-state index in [4.69, 9.17) is 4.42 Å². The molecule has 0 saturated carbocycles. The van der Waals surface area contributed by atoms with Gasteiger partial charge in [-0.3, -0.25) is 0 Å². The molecule has 0 atom stereocenters. The standard InChI is InChI=1S/C44H34O/c1-43(2)35-19-9-11-21-37(35)44(38-22-12-10-20-36(38)43,32-26-24-30(25-27-32)29-14-4-3-5-15-29)39-28-31-16-6-7-17-33(31)41-34-18-8-13-23-40(34)45-42(39)41/h4,6-28H,3,5H2,1-2H3. The van der Waals surface area contributed by atoms with E-state index in [0.29, 0.717) is 0 Å². The molecule has 0 spiro atoms. The molecule has 2 aliphatic rings. The lowest BCUT2D eigenvalue weighted by Crippen LogP contribution is -2.42. The molecule has 45 heavy (non-hydrogen) atoms. The first-order valence-corrected chi connectivity index (χ1v) is 16.1. The summed E-state index contributed by atoms with van der Waals surface area (Å²) in [6, 6.07) is 47.3. The van der Waals surface area contributed by atoms with Gasteiger partial charge in [0, 0.05) is 21.8 Å². The molecule has 6 aromatic carbocycles. The van der Waals surface area contributed by atoms with E-state index in [9.17, 15) is 0 Å². The Morgan fingerprint density at radius 2 is 1.20 bits per heavy atom. The van der Waals surface area contributed by atoms with Crippen LogP contribution in [0.2, 0.25) is 0 Å². The lowest BCUT2D eigenvalue weighted by molar-refractivity contribution is 0.554. The second-order valence-corrected chi connectivity index (χ2v) is 13.1. The number of rotatable bonds is 3. The number of fused-ring (bicyclic) bond motifs is 7. The fourth-order valence-electron chi connectivity index (χ4n) is 8.35. The number of allylic oxidation sites excluding steroid dienone is 4. The van der Waals surface area contributed by atoms with Crippen LogP contribution in [0.4, 0.5) is 0 Å². The smallest absolute Gasteiger partial charge is 0.140 e. The molecular formula is C44H34O. The normalized spacial score (nSPS) is 16.4. The molecule has 1 aromatic heterocycles. The van der Waals surface area contributed by atoms with Crippen molar-refractivity contribution in [1.82, 2.24) is 0 Å². The molecule has 0 unspecified atom stereocenters. The molecule has 0 radical (unpaired) electrons. The van der Waals surface area contributed by atoms with Gasteiger partial charge in [-0.05, 0) is 74.7 Å². The third-order valence-electron chi connectivity index (χ3n) is 10.4. The van der Waals surface area contributed by atoms with Crippen LogP contribution in [0, 0.1) is 0 Å². The van der Waals surface area contributed by atoms with Crippen molar-refractivity contribution in [1.29, 1.82) is 0 Å². The number of hydrogen-bond acceptors (Lipinski definition) is 1. The van der Waals surface area contributed by atoms with Crippen LogP contribution in [-0.2, 0) is 10.8 Å². The Hall–Kier alpha value is -5.14. The van der Waals surface area contributed by atoms with Crippen LogP contribution in [0.25, 0.3) is 38.3 Å². The summed E-state index contributed by atoms with van der Waals surface area (Å²) >= 11 is 0. The van der Waals surface area contributed by atoms with Crippen LogP contribution in [-0.4, -0.2) is 0 Å². The predicted octanol–water partition coefficient (Wildman–Crippen LogP) is 11.5. The van der Waals surface area contributed by atoms with Gasteiger partial charge in [-0.25, -0.2) is 0 Å². The van der Waals surface area contributed by atoms with E-state index >= 15 is 0 Å². The lowest BCUT2D eigenvalue weighted by Gasteiger charge is -2.48. The third kappa shape index (κ3) is 3.61. The zero-order valence-electron chi connectivity index (χ0n) is 25.7. The molecule has 7 aromatic rings. The first kappa shape index (κ1) is 26.3. The number of hydrogen-bond donors (Lipinski definition) is 0. The van der Waals surface area contributed by atoms with Crippen molar-refractivity contribution in [2.24, 2.45) is 0 Å². The van der Waals surface area contributed by atoms with Gasteiger partial charge >= 0.3 is 0 Å². The molecule has 9 rings (SSSR count). The highest BCUT2D eigenvalue weighted by Gasteiger charge is 2.50. The summed E-state index contributed by atoms with van der Waals surface area (Å²) in [5.74, 6) is 0. The quantitative estimate of drug-likeness (QED) is 0.203. The highest BCUT2D eigenvalue weighted by molar-refractivity contribution is 6.20. The van der Waals surface area contributed by atoms with E-state index in [1.54, 1.807) is 0 Å². The van der Waals surface area contributed by atoms with Crippen molar-refractivity contribution >= 4 is 38.3 Å². The van der Waals surface area contributed by atoms with Gasteiger partial charge < -0.3 is 4.42 Å². The zero-order chi connectivity index (χ0) is 30.2. The molecule has 1 heterocycles. The topological polar surface area (TPSA) is 13.1 Å². The maximum atomic E-state index is 6.97. The summed E-state index contributed by atoms with van der Waals surface area (Å²) in [4.78, 5) is 0. The molecule has 1 nitrogen and oxygen atoms in total. The van der Waals surface area contributed by atoms with Crippen molar-refractivity contribution in [2.75, 3.05) is 0 Å². The molecular weight excluding hydrogens is 544 g/mol. The summed E-state index contributed by atoms with van der Waals surface area (Å²) in [6.45, 7) is 4.74. The van der Waals surface area contributed by atoms with Gasteiger partial charge in [0.2, 0.25) is 0 Å². The van der Waals surface area contributed by atoms with E-state index in [2.05, 4.69) is 159 Å². The molecule has 0 fully saturated rings. The molecule has 0 aliphatic heterocycles. The fourth-order valence-corrected chi connectivity index (χ4v) is 8.35. The van der Waals surface area contributed by atoms with Crippen molar-refractivity contribution in [2.45, 2.75) is 37.5 Å². The minimum absolute atomic E-state index is 0.168. The van der Waals surface area contributed by atoms with E-state index in [-0.39, 0.29) is 5.41 Å². The molecule has 0 N–H and O–H groups in total. The summed E-state index contributed by atoms with van der Waals surface area (Å²) in [5, 5.41) is 4.79. The van der Waals surface area contributed by atoms with Crippen LogP contribution in [0.5, 0.6) is 0 Å². The molecule has 0 bridgehead atoms. The largest absolute Gasteiger partial charge is 0.456 e. The summed E-state index contributed by atoms with van der Waals surface area (Å²) < 4.78 is 6.97. The summed E-state index contributed by atoms with van der Waals surface area (Å²) in [5.41, 5.74) is 11.4. The molecule has 1 heteroatoms. The Balaban J connectivity index is 1.48. The van der Waals surface area contributed by atoms with Crippen LogP contribution < -0.4 is 0 Å². The Labute approximate surface area is 264 Å². The van der Waals surface area contributed by atoms with Gasteiger partial charge in [0.15, 0.2) is 0 Å². The Kier molecular flexibility index (Phi) is 5.65. The van der Waals surface area contributed by atoms with Crippen LogP contribution in [0.15, 0.2) is 150 Å². The first-order valence-electron chi connectivity index (χ1n) is 16.1. The van der Waals surface area contributed by atoms with Crippen LogP contribution in [0.3, 0.4) is 0 Å². The Bertz CT molecular complexity index is 2290. The SMILES string of the molecule is CC1(C)c2ccccc2C(c2ccc(C3=CCCC=C3)cc2)(c2cc3ccccc3c3c2oc2ccccc23)c2ccccc21. The van der Waals surface area contributed by atoms with E-state index in [1.807, 2.05) is 0 Å². The minimum atomic E-state index is -0.603. The highest BCUT2D eigenvalue weighted by atomic mass is 16.3. The van der Waals surface area contributed by atoms with Crippen molar-refractivity contribution in [3.05, 3.63) is 185 Å². The highest BCUT2D eigenvalue weighted by Crippen LogP contribution is 2.58. The summed E-state index contributed by atoms with van der Waals surface area (Å²) in [6.07, 6.45) is 9.12. The maximum Gasteiger partial charge on any atom is 0.140 e. The van der Waals surface area contributed by atoms with Gasteiger partial charge in [-0.15, -0.1) is 0 Å². The van der Waals surface area contributed by atoms with Crippen molar-refractivity contribution in [3.8, 4) is 0 Å². The average molecular weight is 579 g/mol. The van der Waals surface area contributed by atoms with Crippen LogP contribution in [0.1, 0.15) is 65.6 Å². The average Bonchev–Trinajstić information content (AvgIpc) is 3.50. The summed E-state index contributed by atoms with van der Waals surface area (Å²) in [7, 11) is 0. The number of furan rings is 1. The lowest BCUT2D eigenvalue weighted by atomic mass is 9.54. The Morgan fingerprint density at radius 1 is 0.578 bits per heavy atom. The number of benzene rings is 6. The van der Waals surface area contributed by atoms with Gasteiger partial charge in [-0.2, -0.15) is 0 Å². The van der Waals surface area contributed by atoms with Crippen LogP contribution >= 0.6 is 0 Å². The number of para-hydroxylation sites is 1. The van der Waals surface area contributed by atoms with E-state index in [0.717, 1.165) is 29.4 Å². The molecule has 216 valence electrons. The first-order chi connectivity index (χ1) is 22.1. The third-order valence-corrected chi connectivity index (χ3v) is 10.4. The minimum Gasteiger partial charge on any atom is -0.456 e.